The fraction of sp³-hybridized carbons (Fsp3) is 0.100. The van der Waals surface area contributed by atoms with Gasteiger partial charge < -0.3 is 4.74 Å². The SMILES string of the molecule is Cc1cc(C)cc(C(=O)c2ccccc2Oc2ccccn2)c1. The topological polar surface area (TPSA) is 39.2 Å². The minimum atomic E-state index is -0.0525. The smallest absolute Gasteiger partial charge is 0.219 e. The van der Waals surface area contributed by atoms with Crippen molar-refractivity contribution in [2.45, 2.75) is 13.8 Å². The van der Waals surface area contributed by atoms with Gasteiger partial charge in [0.1, 0.15) is 5.75 Å². The second-order valence-electron chi connectivity index (χ2n) is 5.47. The summed E-state index contributed by atoms with van der Waals surface area (Å²) in [6.45, 7) is 3.97. The lowest BCUT2D eigenvalue weighted by atomic mass is 9.99. The van der Waals surface area contributed by atoms with Crippen molar-refractivity contribution in [2.24, 2.45) is 0 Å². The van der Waals surface area contributed by atoms with Crippen molar-refractivity contribution in [1.82, 2.24) is 4.98 Å². The number of aryl methyl sites for hydroxylation is 2. The van der Waals surface area contributed by atoms with E-state index in [1.807, 2.05) is 56.3 Å². The third kappa shape index (κ3) is 3.46. The number of carbonyl (C=O) groups excluding carboxylic acids is 1. The summed E-state index contributed by atoms with van der Waals surface area (Å²) < 4.78 is 5.78. The summed E-state index contributed by atoms with van der Waals surface area (Å²) in [5, 5.41) is 0. The number of carbonyl (C=O) groups is 1. The molecule has 0 aliphatic carbocycles. The molecule has 0 saturated carbocycles. The molecule has 0 radical (unpaired) electrons. The molecule has 3 heteroatoms. The first-order valence-corrected chi connectivity index (χ1v) is 7.44. The third-order valence-corrected chi connectivity index (χ3v) is 3.47. The fourth-order valence-corrected chi connectivity index (χ4v) is 2.52. The van der Waals surface area contributed by atoms with E-state index >= 15 is 0 Å². The lowest BCUT2D eigenvalue weighted by Gasteiger charge is -2.10. The number of benzene rings is 2. The first kappa shape index (κ1) is 15.0. The van der Waals surface area contributed by atoms with E-state index in [4.69, 9.17) is 4.74 Å². The van der Waals surface area contributed by atoms with Gasteiger partial charge in [-0.15, -0.1) is 0 Å². The zero-order valence-electron chi connectivity index (χ0n) is 13.1. The average molecular weight is 303 g/mol. The van der Waals surface area contributed by atoms with Crippen molar-refractivity contribution in [3.63, 3.8) is 0 Å². The van der Waals surface area contributed by atoms with Crippen LogP contribution in [0.5, 0.6) is 11.6 Å². The van der Waals surface area contributed by atoms with Crippen molar-refractivity contribution in [1.29, 1.82) is 0 Å². The molecule has 1 heterocycles. The molecule has 1 aromatic heterocycles. The van der Waals surface area contributed by atoms with Gasteiger partial charge in [-0.3, -0.25) is 4.79 Å². The summed E-state index contributed by atoms with van der Waals surface area (Å²) in [5.41, 5.74) is 3.33. The Hall–Kier alpha value is -2.94. The van der Waals surface area contributed by atoms with E-state index in [0.717, 1.165) is 11.1 Å². The van der Waals surface area contributed by atoms with Gasteiger partial charge in [-0.2, -0.15) is 0 Å². The van der Waals surface area contributed by atoms with Crippen LogP contribution in [0.25, 0.3) is 0 Å². The maximum absolute atomic E-state index is 12.9. The highest BCUT2D eigenvalue weighted by Gasteiger charge is 2.15. The van der Waals surface area contributed by atoms with Gasteiger partial charge in [0.25, 0.3) is 0 Å². The molecule has 0 amide bonds. The summed E-state index contributed by atoms with van der Waals surface area (Å²) in [6, 6.07) is 18.5. The van der Waals surface area contributed by atoms with Crippen molar-refractivity contribution < 1.29 is 9.53 Å². The number of pyridine rings is 1. The van der Waals surface area contributed by atoms with E-state index in [0.29, 0.717) is 22.8 Å². The van der Waals surface area contributed by atoms with E-state index in [1.165, 1.54) is 0 Å². The van der Waals surface area contributed by atoms with Crippen LogP contribution in [0.3, 0.4) is 0 Å². The average Bonchev–Trinajstić information content (AvgIpc) is 2.55. The highest BCUT2D eigenvalue weighted by molar-refractivity contribution is 6.10. The normalized spacial score (nSPS) is 10.3. The molecular formula is C20H17NO2. The van der Waals surface area contributed by atoms with E-state index < -0.39 is 0 Å². The molecule has 3 aromatic rings. The van der Waals surface area contributed by atoms with Gasteiger partial charge >= 0.3 is 0 Å². The summed E-state index contributed by atoms with van der Waals surface area (Å²) >= 11 is 0. The molecule has 3 rings (SSSR count). The Bertz CT molecular complexity index is 821. The molecular weight excluding hydrogens is 286 g/mol. The van der Waals surface area contributed by atoms with Gasteiger partial charge in [0, 0.05) is 17.8 Å². The van der Waals surface area contributed by atoms with Crippen LogP contribution in [0.2, 0.25) is 0 Å². The summed E-state index contributed by atoms with van der Waals surface area (Å²) in [6.07, 6.45) is 1.66. The molecule has 114 valence electrons. The standard InChI is InChI=1S/C20H17NO2/c1-14-11-15(2)13-16(12-14)20(22)17-7-3-4-8-18(17)23-19-9-5-6-10-21-19/h3-13H,1-2H3. The quantitative estimate of drug-likeness (QED) is 0.655. The van der Waals surface area contributed by atoms with Crippen molar-refractivity contribution in [3.8, 4) is 11.6 Å². The van der Waals surface area contributed by atoms with Crippen molar-refractivity contribution in [2.75, 3.05) is 0 Å². The fourth-order valence-electron chi connectivity index (χ4n) is 2.52. The summed E-state index contributed by atoms with van der Waals surface area (Å²) in [7, 11) is 0. The number of ether oxygens (including phenoxy) is 1. The maximum atomic E-state index is 12.9. The number of aromatic nitrogens is 1. The molecule has 0 aliphatic rings. The molecule has 0 N–H and O–H groups in total. The number of hydrogen-bond donors (Lipinski definition) is 0. The second-order valence-corrected chi connectivity index (χ2v) is 5.47. The third-order valence-electron chi connectivity index (χ3n) is 3.47. The number of rotatable bonds is 4. The summed E-state index contributed by atoms with van der Waals surface area (Å²) in [4.78, 5) is 17.0. The van der Waals surface area contributed by atoms with Crippen LogP contribution in [0, 0.1) is 13.8 Å². The molecule has 3 nitrogen and oxygen atoms in total. The predicted molar refractivity (Wildman–Crippen MR) is 90.1 cm³/mol. The van der Waals surface area contributed by atoms with Gasteiger partial charge in [0.05, 0.1) is 5.56 Å². The minimum Gasteiger partial charge on any atom is -0.438 e. The van der Waals surface area contributed by atoms with Crippen LogP contribution >= 0.6 is 0 Å². The molecule has 0 unspecified atom stereocenters. The Morgan fingerprint density at radius 3 is 2.30 bits per heavy atom. The van der Waals surface area contributed by atoms with Crippen LogP contribution in [0.1, 0.15) is 27.0 Å². The Balaban J connectivity index is 1.98. The molecule has 0 spiro atoms. The highest BCUT2D eigenvalue weighted by Crippen LogP contribution is 2.26. The van der Waals surface area contributed by atoms with Gasteiger partial charge in [-0.25, -0.2) is 4.98 Å². The molecule has 0 aliphatic heterocycles. The minimum absolute atomic E-state index is 0.0525. The maximum Gasteiger partial charge on any atom is 0.219 e. The Kier molecular flexibility index (Phi) is 4.20. The van der Waals surface area contributed by atoms with Crippen LogP contribution in [0.15, 0.2) is 66.9 Å². The van der Waals surface area contributed by atoms with Crippen LogP contribution in [0.4, 0.5) is 0 Å². The molecule has 0 atom stereocenters. The zero-order chi connectivity index (χ0) is 16.2. The van der Waals surface area contributed by atoms with Gasteiger partial charge in [-0.1, -0.05) is 35.4 Å². The number of para-hydroxylation sites is 1. The van der Waals surface area contributed by atoms with E-state index in [1.54, 1.807) is 24.4 Å². The van der Waals surface area contributed by atoms with Gasteiger partial charge in [0.2, 0.25) is 5.88 Å². The van der Waals surface area contributed by atoms with Crippen molar-refractivity contribution in [3.05, 3.63) is 89.1 Å². The Morgan fingerprint density at radius 1 is 0.913 bits per heavy atom. The number of hydrogen-bond acceptors (Lipinski definition) is 3. The summed E-state index contributed by atoms with van der Waals surface area (Å²) in [5.74, 6) is 0.923. The molecule has 0 fully saturated rings. The number of ketones is 1. The first-order chi connectivity index (χ1) is 11.1. The number of nitrogens with zero attached hydrogens (tertiary/aromatic N) is 1. The van der Waals surface area contributed by atoms with E-state index in [9.17, 15) is 4.79 Å². The first-order valence-electron chi connectivity index (χ1n) is 7.44. The van der Waals surface area contributed by atoms with E-state index in [2.05, 4.69) is 4.98 Å². The van der Waals surface area contributed by atoms with Gasteiger partial charge in [0.15, 0.2) is 5.78 Å². The largest absolute Gasteiger partial charge is 0.438 e. The van der Waals surface area contributed by atoms with Crippen LogP contribution in [-0.2, 0) is 0 Å². The molecule has 0 bridgehead atoms. The predicted octanol–water partition coefficient (Wildman–Crippen LogP) is 4.72. The van der Waals surface area contributed by atoms with Gasteiger partial charge in [-0.05, 0) is 44.2 Å². The van der Waals surface area contributed by atoms with Crippen LogP contribution < -0.4 is 4.74 Å². The van der Waals surface area contributed by atoms with E-state index in [-0.39, 0.29) is 5.78 Å². The molecule has 23 heavy (non-hydrogen) atoms. The lowest BCUT2D eigenvalue weighted by molar-refractivity contribution is 0.103. The highest BCUT2D eigenvalue weighted by atomic mass is 16.5. The monoisotopic (exact) mass is 303 g/mol. The lowest BCUT2D eigenvalue weighted by Crippen LogP contribution is -2.04. The second kappa shape index (κ2) is 6.44. The Labute approximate surface area is 135 Å². The molecule has 2 aromatic carbocycles. The van der Waals surface area contributed by atoms with Crippen molar-refractivity contribution >= 4 is 5.78 Å². The molecule has 0 saturated heterocycles. The Morgan fingerprint density at radius 2 is 1.61 bits per heavy atom. The van der Waals surface area contributed by atoms with Crippen LogP contribution in [-0.4, -0.2) is 10.8 Å². The zero-order valence-corrected chi connectivity index (χ0v) is 13.1.